The molecule has 0 amide bonds. The number of hydrogen-bond donors (Lipinski definition) is 7. The SMILES string of the molecule is Cc1cn([C@@H]2O[C@H](COP(=O)(O)OP(=O)(O)OP(=O)(O)O)[C@H](O)C2O)c(=O)[nH]c1=O. The fourth-order valence-electron chi connectivity index (χ4n) is 2.34. The van der Waals surface area contributed by atoms with Crippen LogP contribution >= 0.6 is 23.5 Å². The van der Waals surface area contributed by atoms with Crippen molar-refractivity contribution in [1.29, 1.82) is 0 Å². The van der Waals surface area contributed by atoms with Crippen LogP contribution < -0.4 is 11.2 Å². The van der Waals surface area contributed by atoms with Crippen LogP contribution in [0.1, 0.15) is 11.8 Å². The second kappa shape index (κ2) is 8.84. The van der Waals surface area contributed by atoms with Crippen LogP contribution in [0.2, 0.25) is 0 Å². The van der Waals surface area contributed by atoms with Crippen LogP contribution in [-0.4, -0.2) is 64.3 Å². The molecule has 30 heavy (non-hydrogen) atoms. The number of nitrogens with one attached hydrogen (secondary N) is 1. The molecule has 6 atom stereocenters. The topological polar surface area (TPSA) is 264 Å². The number of rotatable bonds is 8. The number of H-pyrrole nitrogens is 1. The summed E-state index contributed by atoms with van der Waals surface area (Å²) in [6.07, 6.45) is -5.64. The van der Waals surface area contributed by atoms with Gasteiger partial charge in [-0.2, -0.15) is 8.62 Å². The predicted molar refractivity (Wildman–Crippen MR) is 91.8 cm³/mol. The summed E-state index contributed by atoms with van der Waals surface area (Å²) >= 11 is 0. The molecule has 0 spiro atoms. The van der Waals surface area contributed by atoms with E-state index in [0.717, 1.165) is 10.8 Å². The van der Waals surface area contributed by atoms with Gasteiger partial charge in [0, 0.05) is 11.8 Å². The molecule has 172 valence electrons. The fourth-order valence-corrected chi connectivity index (χ4v) is 5.37. The Morgan fingerprint density at radius 1 is 1.07 bits per heavy atom. The van der Waals surface area contributed by atoms with E-state index in [1.54, 1.807) is 0 Å². The number of aromatic amines is 1. The van der Waals surface area contributed by atoms with E-state index in [1.165, 1.54) is 6.92 Å². The van der Waals surface area contributed by atoms with E-state index >= 15 is 0 Å². The van der Waals surface area contributed by atoms with Gasteiger partial charge < -0.3 is 34.5 Å². The zero-order valence-electron chi connectivity index (χ0n) is 14.7. The summed E-state index contributed by atoms with van der Waals surface area (Å²) in [5.41, 5.74) is -1.62. The van der Waals surface area contributed by atoms with Crippen LogP contribution in [0.25, 0.3) is 0 Å². The molecule has 1 aliphatic heterocycles. The first kappa shape index (κ1) is 25.2. The van der Waals surface area contributed by atoms with Crippen LogP contribution in [-0.2, 0) is 31.6 Å². The van der Waals surface area contributed by atoms with E-state index in [4.69, 9.17) is 19.4 Å². The number of aliphatic hydroxyl groups excluding tert-OH is 2. The molecule has 1 aliphatic rings. The molecule has 0 aromatic carbocycles. The van der Waals surface area contributed by atoms with Gasteiger partial charge in [-0.25, -0.2) is 18.5 Å². The minimum Gasteiger partial charge on any atom is -0.387 e. The first-order valence-electron chi connectivity index (χ1n) is 7.63. The van der Waals surface area contributed by atoms with Crippen molar-refractivity contribution < 1.29 is 61.4 Å². The highest BCUT2D eigenvalue weighted by Gasteiger charge is 2.46. The van der Waals surface area contributed by atoms with E-state index in [0.29, 0.717) is 0 Å². The first-order valence-corrected chi connectivity index (χ1v) is 12.2. The summed E-state index contributed by atoms with van der Waals surface area (Å²) < 4.78 is 50.8. The second-order valence-electron chi connectivity index (χ2n) is 5.91. The molecule has 1 aromatic heterocycles. The van der Waals surface area contributed by atoms with Crippen molar-refractivity contribution in [2.75, 3.05) is 6.61 Å². The van der Waals surface area contributed by atoms with Gasteiger partial charge >= 0.3 is 29.2 Å². The third-order valence-electron chi connectivity index (χ3n) is 3.58. The lowest BCUT2D eigenvalue weighted by atomic mass is 10.1. The van der Waals surface area contributed by atoms with Gasteiger partial charge in [-0.05, 0) is 6.92 Å². The number of aromatic nitrogens is 2. The molecule has 1 fully saturated rings. The van der Waals surface area contributed by atoms with Gasteiger partial charge in [0.15, 0.2) is 6.23 Å². The molecule has 1 aromatic rings. The molecular formula is C10H17N2O15P3. The van der Waals surface area contributed by atoms with E-state index in [2.05, 4.69) is 13.1 Å². The third-order valence-corrected chi connectivity index (χ3v) is 7.38. The van der Waals surface area contributed by atoms with Crippen molar-refractivity contribution in [2.24, 2.45) is 0 Å². The molecule has 7 N–H and O–H groups in total. The molecule has 3 unspecified atom stereocenters. The molecule has 0 radical (unpaired) electrons. The predicted octanol–water partition coefficient (Wildman–Crippen LogP) is -2.19. The summed E-state index contributed by atoms with van der Waals surface area (Å²) in [5, 5.41) is 20.1. The summed E-state index contributed by atoms with van der Waals surface area (Å²) in [4.78, 5) is 60.6. The number of ether oxygens (including phenoxy) is 1. The smallest absolute Gasteiger partial charge is 0.387 e. The van der Waals surface area contributed by atoms with Crippen LogP contribution in [0.4, 0.5) is 0 Å². The Hall–Kier alpha value is -1.03. The van der Waals surface area contributed by atoms with Gasteiger partial charge in [0.2, 0.25) is 0 Å². The number of aryl methyl sites for hydroxylation is 1. The quantitative estimate of drug-likeness (QED) is 0.188. The maximum atomic E-state index is 11.9. The summed E-state index contributed by atoms with van der Waals surface area (Å²) in [6, 6.07) is 0. The number of phosphoric ester groups is 1. The second-order valence-corrected chi connectivity index (χ2v) is 10.3. The van der Waals surface area contributed by atoms with Crippen molar-refractivity contribution in [2.45, 2.75) is 31.5 Å². The van der Waals surface area contributed by atoms with E-state index in [-0.39, 0.29) is 5.56 Å². The molecule has 0 aliphatic carbocycles. The van der Waals surface area contributed by atoms with Gasteiger partial charge in [0.05, 0.1) is 6.61 Å². The Labute approximate surface area is 165 Å². The van der Waals surface area contributed by atoms with Crippen molar-refractivity contribution in [3.63, 3.8) is 0 Å². The van der Waals surface area contributed by atoms with Crippen LogP contribution in [0.3, 0.4) is 0 Å². The van der Waals surface area contributed by atoms with E-state index in [1.807, 2.05) is 4.98 Å². The van der Waals surface area contributed by atoms with Gasteiger partial charge in [0.1, 0.15) is 18.3 Å². The van der Waals surface area contributed by atoms with Crippen LogP contribution in [0.15, 0.2) is 15.8 Å². The highest BCUT2D eigenvalue weighted by Crippen LogP contribution is 2.66. The standard InChI is InChI=1S/C10H17N2O15P3/c1-4-2-12(10(16)11-8(4)15)9-7(14)6(13)5(25-9)3-24-29(20,21)27-30(22,23)26-28(17,18)19/h2,5-7,9,13-14H,3H2,1H3,(H,20,21)(H,22,23)(H,11,15,16)(H2,17,18,19)/t5-,6+,7?,9-/m1/s1. The zero-order valence-corrected chi connectivity index (χ0v) is 17.4. The Morgan fingerprint density at radius 2 is 1.67 bits per heavy atom. The number of nitrogens with zero attached hydrogens (tertiary/aromatic N) is 1. The lowest BCUT2D eigenvalue weighted by Crippen LogP contribution is -2.38. The molecule has 1 saturated heterocycles. The maximum absolute atomic E-state index is 11.9. The summed E-state index contributed by atoms with van der Waals surface area (Å²) in [5.74, 6) is 0. The maximum Gasteiger partial charge on any atom is 0.490 e. The Bertz CT molecular complexity index is 1040. The normalized spacial score (nSPS) is 28.8. The molecular weight excluding hydrogens is 481 g/mol. The summed E-state index contributed by atoms with van der Waals surface area (Å²) in [7, 11) is -16.8. The molecule has 2 heterocycles. The van der Waals surface area contributed by atoms with Gasteiger partial charge in [-0.1, -0.05) is 0 Å². The van der Waals surface area contributed by atoms with Crippen LogP contribution in [0, 0.1) is 6.92 Å². The Kier molecular flexibility index (Phi) is 7.44. The van der Waals surface area contributed by atoms with Crippen LogP contribution in [0.5, 0.6) is 0 Å². The third kappa shape index (κ3) is 6.48. The highest BCUT2D eigenvalue weighted by atomic mass is 31.3. The van der Waals surface area contributed by atoms with Gasteiger partial charge in [-0.15, -0.1) is 0 Å². The zero-order chi connectivity index (χ0) is 23.1. The van der Waals surface area contributed by atoms with Crippen molar-refractivity contribution in [1.82, 2.24) is 9.55 Å². The largest absolute Gasteiger partial charge is 0.490 e. The number of aliphatic hydroxyl groups is 2. The van der Waals surface area contributed by atoms with E-state index in [9.17, 15) is 38.4 Å². The molecule has 0 saturated carbocycles. The molecule has 17 nitrogen and oxygen atoms in total. The minimum absolute atomic E-state index is 0.0663. The van der Waals surface area contributed by atoms with Crippen molar-refractivity contribution in [3.8, 4) is 0 Å². The molecule has 20 heteroatoms. The lowest BCUT2D eigenvalue weighted by molar-refractivity contribution is -0.0543. The number of hydrogen-bond acceptors (Lipinski definition) is 11. The highest BCUT2D eigenvalue weighted by molar-refractivity contribution is 7.66. The Balaban J connectivity index is 2.09. The summed E-state index contributed by atoms with van der Waals surface area (Å²) in [6.45, 7) is 0.300. The minimum atomic E-state index is -5.73. The van der Waals surface area contributed by atoms with Gasteiger partial charge in [-0.3, -0.25) is 18.9 Å². The Morgan fingerprint density at radius 3 is 2.23 bits per heavy atom. The number of phosphoric acid groups is 3. The molecule has 0 bridgehead atoms. The lowest BCUT2D eigenvalue weighted by Gasteiger charge is -2.19. The first-order chi connectivity index (χ1) is 13.5. The van der Waals surface area contributed by atoms with Crippen molar-refractivity contribution in [3.05, 3.63) is 32.6 Å². The van der Waals surface area contributed by atoms with Gasteiger partial charge in [0.25, 0.3) is 5.56 Å². The monoisotopic (exact) mass is 498 g/mol. The average Bonchev–Trinajstić information content (AvgIpc) is 2.81. The van der Waals surface area contributed by atoms with Crippen molar-refractivity contribution >= 4 is 23.5 Å². The van der Waals surface area contributed by atoms with E-state index < -0.39 is 65.9 Å². The fraction of sp³-hybridized carbons (Fsp3) is 0.600. The average molecular weight is 498 g/mol. The molecule has 2 rings (SSSR count).